The van der Waals surface area contributed by atoms with Gasteiger partial charge >= 0.3 is 0 Å². The van der Waals surface area contributed by atoms with Crippen LogP contribution in [0.3, 0.4) is 0 Å². The number of hydrogen-bond acceptors (Lipinski definition) is 4. The van der Waals surface area contributed by atoms with Gasteiger partial charge < -0.3 is 20.3 Å². The summed E-state index contributed by atoms with van der Waals surface area (Å²) in [6, 6.07) is -0.759. The molecule has 118 valence electrons. The van der Waals surface area contributed by atoms with Crippen molar-refractivity contribution in [1.82, 2.24) is 9.47 Å². The monoisotopic (exact) mass is 309 g/mol. The van der Waals surface area contributed by atoms with Gasteiger partial charge in [0.2, 0.25) is 5.43 Å². The summed E-state index contributed by atoms with van der Waals surface area (Å²) in [5, 5.41) is 10.1. The number of halogens is 1. The third-order valence-corrected chi connectivity index (χ3v) is 4.43. The number of amides is 2. The lowest BCUT2D eigenvalue weighted by atomic mass is 10.1. The summed E-state index contributed by atoms with van der Waals surface area (Å²) >= 11 is 0. The van der Waals surface area contributed by atoms with Gasteiger partial charge in [-0.1, -0.05) is 0 Å². The van der Waals surface area contributed by atoms with E-state index in [2.05, 4.69) is 0 Å². The van der Waals surface area contributed by atoms with Gasteiger partial charge in [-0.25, -0.2) is 4.39 Å². The second kappa shape index (κ2) is 5.11. The fourth-order valence-corrected chi connectivity index (χ4v) is 3.28. The molecular formula is C14H16FN3O4. The van der Waals surface area contributed by atoms with Crippen molar-refractivity contribution in [2.45, 2.75) is 31.3 Å². The van der Waals surface area contributed by atoms with Crippen LogP contribution in [0.25, 0.3) is 0 Å². The minimum absolute atomic E-state index is 0.188. The van der Waals surface area contributed by atoms with Crippen LogP contribution in [0.5, 0.6) is 5.75 Å². The molecule has 3 N–H and O–H groups in total. The normalized spacial score (nSPS) is 23.9. The minimum atomic E-state index is -0.969. The lowest BCUT2D eigenvalue weighted by Gasteiger charge is -2.37. The number of nitrogens with two attached hydrogens (primary N) is 1. The number of carbonyl (C=O) groups excluding carboxylic acids is 2. The first-order valence-electron chi connectivity index (χ1n) is 7.10. The topological polar surface area (TPSA) is 106 Å². The average Bonchev–Trinajstić information content (AvgIpc) is 2.68. The lowest BCUT2D eigenvalue weighted by Crippen LogP contribution is -2.49. The predicted molar refractivity (Wildman–Crippen MR) is 74.6 cm³/mol. The largest absolute Gasteiger partial charge is 0.503 e. The van der Waals surface area contributed by atoms with Crippen molar-refractivity contribution < 1.29 is 19.1 Å². The van der Waals surface area contributed by atoms with Crippen LogP contribution in [0.1, 0.15) is 46.2 Å². The molecule has 3 rings (SSSR count). The summed E-state index contributed by atoms with van der Waals surface area (Å²) < 4.78 is 14.6. The molecule has 1 fully saturated rings. The molecule has 0 aliphatic carbocycles. The quantitative estimate of drug-likeness (QED) is 0.812. The van der Waals surface area contributed by atoms with E-state index in [0.717, 1.165) is 0 Å². The summed E-state index contributed by atoms with van der Waals surface area (Å²) in [5.41, 5.74) is 3.64. The van der Waals surface area contributed by atoms with Crippen molar-refractivity contribution in [3.05, 3.63) is 27.7 Å². The van der Waals surface area contributed by atoms with Crippen molar-refractivity contribution in [2.24, 2.45) is 5.73 Å². The molecular weight excluding hydrogens is 293 g/mol. The number of primary amides is 1. The highest BCUT2D eigenvalue weighted by molar-refractivity contribution is 5.98. The van der Waals surface area contributed by atoms with Gasteiger partial charge in [-0.2, -0.15) is 0 Å². The molecule has 8 heteroatoms. The number of rotatable bonds is 2. The van der Waals surface area contributed by atoms with Gasteiger partial charge in [-0.3, -0.25) is 14.4 Å². The number of nitrogens with zero attached hydrogens (tertiary/aromatic N) is 2. The van der Waals surface area contributed by atoms with E-state index in [1.165, 1.54) is 15.7 Å². The third kappa shape index (κ3) is 1.98. The van der Waals surface area contributed by atoms with Crippen molar-refractivity contribution in [3.63, 3.8) is 0 Å². The van der Waals surface area contributed by atoms with Gasteiger partial charge in [-0.15, -0.1) is 0 Å². The van der Waals surface area contributed by atoms with Crippen molar-refractivity contribution in [2.75, 3.05) is 13.2 Å². The second-order valence-corrected chi connectivity index (χ2v) is 5.69. The average molecular weight is 309 g/mol. The van der Waals surface area contributed by atoms with Gasteiger partial charge in [0.25, 0.3) is 11.8 Å². The van der Waals surface area contributed by atoms with E-state index in [1.54, 1.807) is 0 Å². The molecule has 0 saturated carbocycles. The van der Waals surface area contributed by atoms with E-state index in [9.17, 15) is 23.9 Å². The summed E-state index contributed by atoms with van der Waals surface area (Å²) in [4.78, 5) is 37.2. The first-order valence-corrected chi connectivity index (χ1v) is 7.10. The molecule has 2 amide bonds. The van der Waals surface area contributed by atoms with Crippen LogP contribution >= 0.6 is 0 Å². The molecule has 3 heterocycles. The van der Waals surface area contributed by atoms with E-state index in [-0.39, 0.29) is 17.3 Å². The van der Waals surface area contributed by atoms with Gasteiger partial charge in [0.15, 0.2) is 11.4 Å². The van der Waals surface area contributed by atoms with E-state index < -0.39 is 35.7 Å². The van der Waals surface area contributed by atoms with Crippen LogP contribution in [0.4, 0.5) is 4.39 Å². The SMILES string of the molecule is NC(=O)c1cn2c(c(O)c1=O)C(=O)N1C[C@@H]2CCC[C@@H]1CF. The minimum Gasteiger partial charge on any atom is -0.503 e. The molecule has 2 bridgehead atoms. The van der Waals surface area contributed by atoms with E-state index >= 15 is 0 Å². The van der Waals surface area contributed by atoms with E-state index in [1.807, 2.05) is 0 Å². The fourth-order valence-electron chi connectivity index (χ4n) is 3.28. The highest BCUT2D eigenvalue weighted by Gasteiger charge is 2.39. The molecule has 1 aromatic heterocycles. The summed E-state index contributed by atoms with van der Waals surface area (Å²) in [7, 11) is 0. The number of aromatic nitrogens is 1. The zero-order chi connectivity index (χ0) is 16.0. The molecule has 0 radical (unpaired) electrons. The van der Waals surface area contributed by atoms with Crippen molar-refractivity contribution >= 4 is 11.8 Å². The Morgan fingerprint density at radius 1 is 1.41 bits per heavy atom. The first kappa shape index (κ1) is 14.6. The number of aromatic hydroxyl groups is 1. The van der Waals surface area contributed by atoms with Gasteiger partial charge in [-0.05, 0) is 19.3 Å². The molecule has 2 aliphatic rings. The summed E-state index contributed by atoms with van der Waals surface area (Å²) in [6.45, 7) is -0.371. The Kier molecular flexibility index (Phi) is 3.38. The smallest absolute Gasteiger partial charge is 0.274 e. The maximum atomic E-state index is 13.2. The molecule has 1 saturated heterocycles. The molecule has 22 heavy (non-hydrogen) atoms. The lowest BCUT2D eigenvalue weighted by molar-refractivity contribution is 0.0557. The Bertz CT molecular complexity index is 715. The zero-order valence-electron chi connectivity index (χ0n) is 11.8. The van der Waals surface area contributed by atoms with Gasteiger partial charge in [0.05, 0.1) is 12.1 Å². The van der Waals surface area contributed by atoms with Crippen molar-refractivity contribution in [3.8, 4) is 5.75 Å². The Labute approximate surface area is 125 Å². The van der Waals surface area contributed by atoms with Crippen LogP contribution in [0.2, 0.25) is 0 Å². The molecule has 2 atom stereocenters. The van der Waals surface area contributed by atoms with E-state index in [4.69, 9.17) is 5.73 Å². The number of pyridine rings is 1. The highest BCUT2D eigenvalue weighted by atomic mass is 19.1. The van der Waals surface area contributed by atoms with Gasteiger partial charge in [0, 0.05) is 12.7 Å². The fraction of sp³-hybridized carbons (Fsp3) is 0.500. The molecule has 1 aromatic rings. The Morgan fingerprint density at radius 3 is 2.77 bits per heavy atom. The molecule has 2 aliphatic heterocycles. The summed E-state index contributed by atoms with van der Waals surface area (Å²) in [6.07, 6.45) is 3.13. The first-order chi connectivity index (χ1) is 10.5. The van der Waals surface area contributed by atoms with E-state index in [0.29, 0.717) is 25.8 Å². The van der Waals surface area contributed by atoms with Crippen LogP contribution in [-0.4, -0.2) is 45.6 Å². The number of carbonyl (C=O) groups is 2. The Balaban J connectivity index is 2.22. The highest BCUT2D eigenvalue weighted by Crippen LogP contribution is 2.34. The van der Waals surface area contributed by atoms with Crippen LogP contribution in [0.15, 0.2) is 11.0 Å². The van der Waals surface area contributed by atoms with Crippen molar-refractivity contribution in [1.29, 1.82) is 0 Å². The van der Waals surface area contributed by atoms with Crippen LogP contribution in [0, 0.1) is 0 Å². The maximum absolute atomic E-state index is 13.2. The number of fused-ring (bicyclic) bond motifs is 4. The second-order valence-electron chi connectivity index (χ2n) is 5.69. The molecule has 0 unspecified atom stereocenters. The van der Waals surface area contributed by atoms with Crippen LogP contribution < -0.4 is 11.2 Å². The molecule has 0 aromatic carbocycles. The molecule has 0 spiro atoms. The Hall–Kier alpha value is -2.38. The number of alkyl halides is 1. The maximum Gasteiger partial charge on any atom is 0.274 e. The van der Waals surface area contributed by atoms with Gasteiger partial charge in [0.1, 0.15) is 12.2 Å². The predicted octanol–water partition coefficient (Wildman–Crippen LogP) is 0.172. The standard InChI is InChI=1S/C14H16FN3O4/c15-4-7-2-1-3-8-5-18(7)14(22)10-12(20)11(19)9(13(16)21)6-17(8)10/h6-8,20H,1-5H2,(H2,16,21)/t7-,8+/m1/s1. The third-order valence-electron chi connectivity index (χ3n) is 4.43. The Morgan fingerprint density at radius 2 is 2.14 bits per heavy atom. The number of hydrogen-bond donors (Lipinski definition) is 2. The molecule has 7 nitrogen and oxygen atoms in total. The van der Waals surface area contributed by atoms with Crippen LogP contribution in [-0.2, 0) is 0 Å². The zero-order valence-corrected chi connectivity index (χ0v) is 11.8. The summed E-state index contributed by atoms with van der Waals surface area (Å²) in [5.74, 6) is -2.34.